The molecule has 0 bridgehead atoms. The van der Waals surface area contributed by atoms with Crippen molar-refractivity contribution < 1.29 is 22.8 Å². The van der Waals surface area contributed by atoms with Gasteiger partial charge in [-0.15, -0.1) is 0 Å². The van der Waals surface area contributed by atoms with Crippen LogP contribution in [-0.2, 0) is 14.8 Å². The number of hydrogen-bond donors (Lipinski definition) is 1. The first-order valence-electron chi connectivity index (χ1n) is 6.53. The first kappa shape index (κ1) is 15.0. The van der Waals surface area contributed by atoms with Gasteiger partial charge in [-0.1, -0.05) is 18.0 Å². The second-order valence-electron chi connectivity index (χ2n) is 4.97. The molecule has 1 saturated heterocycles. The summed E-state index contributed by atoms with van der Waals surface area (Å²) in [7, 11) is -3.90. The number of nitrogens with zero attached hydrogens (tertiary/aromatic N) is 2. The number of hydrogen-bond acceptors (Lipinski definition) is 5. The molecule has 0 radical (unpaired) electrons. The smallest absolute Gasteiger partial charge is 0.322 e. The summed E-state index contributed by atoms with van der Waals surface area (Å²) < 4.78 is 31.4. The molecule has 1 atom stereocenters. The van der Waals surface area contributed by atoms with Crippen LogP contribution in [0.3, 0.4) is 0 Å². The Balaban J connectivity index is 2.47. The van der Waals surface area contributed by atoms with Crippen molar-refractivity contribution in [2.24, 2.45) is 0 Å². The van der Waals surface area contributed by atoms with Gasteiger partial charge in [0.25, 0.3) is 0 Å². The fourth-order valence-electron chi connectivity index (χ4n) is 2.58. The number of carboxylic acid groups (broad SMARTS) is 1. The van der Waals surface area contributed by atoms with Gasteiger partial charge in [0.2, 0.25) is 10.0 Å². The van der Waals surface area contributed by atoms with E-state index >= 15 is 0 Å². The van der Waals surface area contributed by atoms with Crippen LogP contribution in [0.15, 0.2) is 9.42 Å². The molecule has 1 aromatic heterocycles. The first-order valence-corrected chi connectivity index (χ1v) is 7.97. The molecule has 7 nitrogen and oxygen atoms in total. The van der Waals surface area contributed by atoms with Gasteiger partial charge in [0.1, 0.15) is 16.6 Å². The van der Waals surface area contributed by atoms with Crippen molar-refractivity contribution in [3.63, 3.8) is 0 Å². The Morgan fingerprint density at radius 1 is 1.35 bits per heavy atom. The van der Waals surface area contributed by atoms with Gasteiger partial charge >= 0.3 is 5.97 Å². The summed E-state index contributed by atoms with van der Waals surface area (Å²) in [5, 5.41) is 12.9. The Morgan fingerprint density at radius 3 is 2.60 bits per heavy atom. The third-order valence-electron chi connectivity index (χ3n) is 3.52. The summed E-state index contributed by atoms with van der Waals surface area (Å²) in [5.41, 5.74) is 0.260. The molecule has 2 rings (SSSR count). The lowest BCUT2D eigenvalue weighted by atomic mass is 10.1. The average molecular weight is 302 g/mol. The molecule has 0 aliphatic carbocycles. The molecule has 0 aromatic carbocycles. The lowest BCUT2D eigenvalue weighted by Gasteiger charge is -2.25. The maximum Gasteiger partial charge on any atom is 0.322 e. The van der Waals surface area contributed by atoms with Crippen molar-refractivity contribution in [3.05, 3.63) is 11.5 Å². The van der Waals surface area contributed by atoms with Crippen LogP contribution < -0.4 is 0 Å². The number of aliphatic carboxylic acids is 1. The van der Waals surface area contributed by atoms with E-state index in [1.165, 1.54) is 13.8 Å². The molecule has 1 aromatic rings. The largest absolute Gasteiger partial charge is 0.480 e. The highest BCUT2D eigenvalue weighted by Gasteiger charge is 2.39. The van der Waals surface area contributed by atoms with Crippen molar-refractivity contribution in [1.29, 1.82) is 0 Å². The zero-order valence-electron chi connectivity index (χ0n) is 11.5. The number of carboxylic acids is 1. The van der Waals surface area contributed by atoms with E-state index in [9.17, 15) is 18.3 Å². The molecular weight excluding hydrogens is 284 g/mol. The van der Waals surface area contributed by atoms with Crippen molar-refractivity contribution in [3.8, 4) is 0 Å². The molecule has 0 saturated carbocycles. The minimum Gasteiger partial charge on any atom is -0.480 e. The number of rotatable bonds is 3. The van der Waals surface area contributed by atoms with Crippen LogP contribution in [0.4, 0.5) is 0 Å². The molecule has 1 fully saturated rings. The maximum absolute atomic E-state index is 12.7. The van der Waals surface area contributed by atoms with E-state index in [4.69, 9.17) is 4.52 Å². The summed E-state index contributed by atoms with van der Waals surface area (Å²) in [4.78, 5) is 11.3. The van der Waals surface area contributed by atoms with Crippen molar-refractivity contribution in [2.45, 2.75) is 50.5 Å². The third kappa shape index (κ3) is 2.57. The molecule has 8 heteroatoms. The van der Waals surface area contributed by atoms with E-state index in [0.29, 0.717) is 19.3 Å². The van der Waals surface area contributed by atoms with Crippen LogP contribution in [0.1, 0.15) is 37.1 Å². The molecule has 1 aliphatic rings. The summed E-state index contributed by atoms with van der Waals surface area (Å²) in [6, 6.07) is -1.02. The molecular formula is C12H18N2O5S. The van der Waals surface area contributed by atoms with E-state index in [1.807, 2.05) is 0 Å². The summed E-state index contributed by atoms with van der Waals surface area (Å²) >= 11 is 0. The van der Waals surface area contributed by atoms with Gasteiger partial charge in [-0.3, -0.25) is 4.79 Å². The molecule has 1 aliphatic heterocycles. The second-order valence-corrected chi connectivity index (χ2v) is 6.80. The Bertz CT molecular complexity index is 588. The van der Waals surface area contributed by atoms with Crippen LogP contribution >= 0.6 is 0 Å². The van der Waals surface area contributed by atoms with Gasteiger partial charge in [-0.25, -0.2) is 8.42 Å². The van der Waals surface area contributed by atoms with E-state index in [2.05, 4.69) is 5.16 Å². The van der Waals surface area contributed by atoms with Gasteiger partial charge in [-0.2, -0.15) is 4.31 Å². The third-order valence-corrected chi connectivity index (χ3v) is 5.68. The summed E-state index contributed by atoms with van der Waals surface area (Å²) in [5.74, 6) is -0.918. The standard InChI is InChI=1S/C12H18N2O5S/c1-8-11(9(2)19-13-8)20(17,18)14-7-5-3-4-6-10(14)12(15)16/h10H,3-7H2,1-2H3,(H,15,16). The van der Waals surface area contributed by atoms with Crippen molar-refractivity contribution in [1.82, 2.24) is 9.46 Å². The number of carbonyl (C=O) groups is 1. The lowest BCUT2D eigenvalue weighted by molar-refractivity contribution is -0.141. The predicted octanol–water partition coefficient (Wildman–Crippen LogP) is 1.31. The highest BCUT2D eigenvalue weighted by Crippen LogP contribution is 2.28. The highest BCUT2D eigenvalue weighted by molar-refractivity contribution is 7.89. The minimum atomic E-state index is -3.90. The molecule has 1 N–H and O–H groups in total. The Hall–Kier alpha value is -1.41. The maximum atomic E-state index is 12.7. The van der Waals surface area contributed by atoms with Crippen molar-refractivity contribution in [2.75, 3.05) is 6.54 Å². The fourth-order valence-corrected chi connectivity index (χ4v) is 4.52. The molecule has 0 spiro atoms. The van der Waals surface area contributed by atoms with Crippen LogP contribution in [0.5, 0.6) is 0 Å². The van der Waals surface area contributed by atoms with Gasteiger partial charge in [0.05, 0.1) is 0 Å². The Labute approximate surface area is 117 Å². The van der Waals surface area contributed by atoms with Crippen LogP contribution in [0.2, 0.25) is 0 Å². The first-order chi connectivity index (χ1) is 9.35. The van der Waals surface area contributed by atoms with Gasteiger partial charge < -0.3 is 9.63 Å². The quantitative estimate of drug-likeness (QED) is 0.903. The Morgan fingerprint density at radius 2 is 2.05 bits per heavy atom. The zero-order valence-corrected chi connectivity index (χ0v) is 12.3. The van der Waals surface area contributed by atoms with Crippen LogP contribution in [0, 0.1) is 13.8 Å². The highest BCUT2D eigenvalue weighted by atomic mass is 32.2. The van der Waals surface area contributed by atoms with E-state index in [0.717, 1.165) is 10.7 Å². The molecule has 2 heterocycles. The molecule has 1 unspecified atom stereocenters. The predicted molar refractivity (Wildman–Crippen MR) is 69.8 cm³/mol. The monoisotopic (exact) mass is 302 g/mol. The second kappa shape index (κ2) is 5.53. The zero-order chi connectivity index (χ0) is 14.9. The van der Waals surface area contributed by atoms with Gasteiger partial charge in [0.15, 0.2) is 5.76 Å². The number of aryl methyl sites for hydroxylation is 2. The van der Waals surface area contributed by atoms with Crippen molar-refractivity contribution >= 4 is 16.0 Å². The van der Waals surface area contributed by atoms with Crippen LogP contribution in [0.25, 0.3) is 0 Å². The summed E-state index contributed by atoms with van der Waals surface area (Å²) in [6.07, 6.45) is 2.53. The SMILES string of the molecule is Cc1noc(C)c1S(=O)(=O)N1CCCCCC1C(=O)O. The van der Waals surface area contributed by atoms with E-state index in [1.54, 1.807) is 0 Å². The molecule has 112 valence electrons. The van der Waals surface area contributed by atoms with Crippen LogP contribution in [-0.4, -0.2) is 41.5 Å². The average Bonchev–Trinajstić information content (AvgIpc) is 2.60. The van der Waals surface area contributed by atoms with Gasteiger partial charge in [0, 0.05) is 6.54 Å². The van der Waals surface area contributed by atoms with Gasteiger partial charge in [-0.05, 0) is 26.7 Å². The fraction of sp³-hybridized carbons (Fsp3) is 0.667. The number of sulfonamides is 1. The normalized spacial score (nSPS) is 21.6. The van der Waals surface area contributed by atoms with E-state index in [-0.39, 0.29) is 22.9 Å². The summed E-state index contributed by atoms with van der Waals surface area (Å²) in [6.45, 7) is 3.26. The minimum absolute atomic E-state index is 0.00866. The Kier molecular flexibility index (Phi) is 4.14. The number of aromatic nitrogens is 1. The topological polar surface area (TPSA) is 101 Å². The lowest BCUT2D eigenvalue weighted by Crippen LogP contribution is -2.44. The van der Waals surface area contributed by atoms with E-state index < -0.39 is 22.0 Å². The molecule has 0 amide bonds. The molecule has 20 heavy (non-hydrogen) atoms.